The summed E-state index contributed by atoms with van der Waals surface area (Å²) in [5.41, 5.74) is -0.546. The van der Waals surface area contributed by atoms with E-state index in [2.05, 4.69) is 0 Å². The SMILES string of the molecule is CC(C)(C)OC(=O)Cc1ccc(S(=O)(=O)Cl)s1. The molecule has 1 aromatic heterocycles. The molecule has 7 heteroatoms. The van der Waals surface area contributed by atoms with Crippen LogP contribution in [0.5, 0.6) is 0 Å². The molecule has 0 spiro atoms. The quantitative estimate of drug-likeness (QED) is 0.635. The summed E-state index contributed by atoms with van der Waals surface area (Å²) in [5, 5.41) is 0. The van der Waals surface area contributed by atoms with Gasteiger partial charge in [-0.3, -0.25) is 4.79 Å². The molecule has 0 aromatic carbocycles. The fourth-order valence-electron chi connectivity index (χ4n) is 1.10. The van der Waals surface area contributed by atoms with Crippen molar-refractivity contribution in [3.63, 3.8) is 0 Å². The molecule has 0 saturated carbocycles. The second-order valence-electron chi connectivity index (χ2n) is 4.42. The van der Waals surface area contributed by atoms with Crippen molar-refractivity contribution in [1.82, 2.24) is 0 Å². The Balaban J connectivity index is 2.71. The van der Waals surface area contributed by atoms with Crippen LogP contribution >= 0.6 is 22.0 Å². The molecule has 96 valence electrons. The van der Waals surface area contributed by atoms with Gasteiger partial charge in [0.2, 0.25) is 0 Å². The summed E-state index contributed by atoms with van der Waals surface area (Å²) in [4.78, 5) is 12.1. The molecule has 0 saturated heterocycles. The minimum Gasteiger partial charge on any atom is -0.460 e. The van der Waals surface area contributed by atoms with Gasteiger partial charge in [0, 0.05) is 15.6 Å². The molecule has 0 N–H and O–H groups in total. The third kappa shape index (κ3) is 5.06. The maximum absolute atomic E-state index is 11.5. The van der Waals surface area contributed by atoms with Crippen LogP contribution in [0.1, 0.15) is 25.6 Å². The van der Waals surface area contributed by atoms with Crippen molar-refractivity contribution < 1.29 is 17.9 Å². The van der Waals surface area contributed by atoms with Crippen LogP contribution in [-0.4, -0.2) is 20.0 Å². The molecular weight excluding hydrogens is 284 g/mol. The first-order valence-electron chi connectivity index (χ1n) is 4.83. The number of esters is 1. The van der Waals surface area contributed by atoms with Crippen molar-refractivity contribution in [2.75, 3.05) is 0 Å². The molecule has 0 fully saturated rings. The highest BCUT2D eigenvalue weighted by atomic mass is 35.7. The topological polar surface area (TPSA) is 60.4 Å². The van der Waals surface area contributed by atoms with Gasteiger partial charge in [-0.25, -0.2) is 8.42 Å². The lowest BCUT2D eigenvalue weighted by Crippen LogP contribution is -2.24. The van der Waals surface area contributed by atoms with E-state index < -0.39 is 20.6 Å². The Labute approximate surface area is 109 Å². The van der Waals surface area contributed by atoms with Gasteiger partial charge < -0.3 is 4.74 Å². The molecule has 0 aliphatic carbocycles. The second-order valence-corrected chi connectivity index (χ2v) is 8.38. The number of hydrogen-bond acceptors (Lipinski definition) is 5. The molecule has 0 bridgehead atoms. The Bertz CT molecular complexity index is 511. The summed E-state index contributed by atoms with van der Waals surface area (Å²) >= 11 is 0.973. The lowest BCUT2D eigenvalue weighted by molar-refractivity contribution is -0.153. The van der Waals surface area contributed by atoms with Gasteiger partial charge in [0.25, 0.3) is 9.05 Å². The highest BCUT2D eigenvalue weighted by molar-refractivity contribution is 8.15. The Kier molecular flexibility index (Phi) is 4.22. The van der Waals surface area contributed by atoms with Crippen LogP contribution in [0.3, 0.4) is 0 Å². The molecular formula is C10H13ClO4S2. The zero-order chi connectivity index (χ0) is 13.3. The van der Waals surface area contributed by atoms with Gasteiger partial charge in [0.15, 0.2) is 0 Å². The van der Waals surface area contributed by atoms with E-state index in [-0.39, 0.29) is 10.6 Å². The van der Waals surface area contributed by atoms with Gasteiger partial charge in [0.05, 0.1) is 6.42 Å². The van der Waals surface area contributed by atoms with E-state index in [1.165, 1.54) is 6.07 Å². The van der Waals surface area contributed by atoms with Crippen LogP contribution in [0.4, 0.5) is 0 Å². The summed E-state index contributed by atoms with van der Waals surface area (Å²) < 4.78 is 27.2. The van der Waals surface area contributed by atoms with Crippen LogP contribution in [0.25, 0.3) is 0 Å². The predicted octanol–water partition coefficient (Wildman–Crippen LogP) is 2.56. The number of ether oxygens (including phenoxy) is 1. The van der Waals surface area contributed by atoms with E-state index in [1.807, 2.05) is 0 Å². The Hall–Kier alpha value is -0.590. The van der Waals surface area contributed by atoms with E-state index >= 15 is 0 Å². The number of rotatable bonds is 3. The third-order valence-corrected chi connectivity index (χ3v) is 4.79. The average Bonchev–Trinajstić information content (AvgIpc) is 2.47. The molecule has 1 rings (SSSR count). The van der Waals surface area contributed by atoms with Crippen molar-refractivity contribution >= 4 is 37.0 Å². The molecule has 0 radical (unpaired) electrons. The molecule has 1 aromatic rings. The number of carbonyl (C=O) groups is 1. The smallest absolute Gasteiger partial charge is 0.311 e. The monoisotopic (exact) mass is 296 g/mol. The first kappa shape index (κ1) is 14.5. The molecule has 0 aliphatic heterocycles. The van der Waals surface area contributed by atoms with E-state index in [0.717, 1.165) is 11.3 Å². The zero-order valence-electron chi connectivity index (χ0n) is 9.69. The summed E-state index contributed by atoms with van der Waals surface area (Å²) in [6.07, 6.45) is 0.0499. The Morgan fingerprint density at radius 2 is 2.00 bits per heavy atom. The summed E-state index contributed by atoms with van der Waals surface area (Å²) in [7, 11) is 1.47. The van der Waals surface area contributed by atoms with Crippen molar-refractivity contribution in [2.45, 2.75) is 37.0 Å². The predicted molar refractivity (Wildman–Crippen MR) is 66.9 cm³/mol. The molecule has 4 nitrogen and oxygen atoms in total. The molecule has 0 amide bonds. The van der Waals surface area contributed by atoms with Crippen LogP contribution in [0.15, 0.2) is 16.3 Å². The normalized spacial score (nSPS) is 12.5. The average molecular weight is 297 g/mol. The summed E-state index contributed by atoms with van der Waals surface area (Å²) in [6.45, 7) is 5.32. The van der Waals surface area contributed by atoms with Crippen molar-refractivity contribution in [2.24, 2.45) is 0 Å². The van der Waals surface area contributed by atoms with Crippen LogP contribution in [0.2, 0.25) is 0 Å². The minimum absolute atomic E-state index is 0.0396. The Morgan fingerprint density at radius 3 is 2.41 bits per heavy atom. The lowest BCUT2D eigenvalue weighted by Gasteiger charge is -2.19. The second kappa shape index (κ2) is 4.96. The molecule has 0 unspecified atom stereocenters. The standard InChI is InChI=1S/C10H13ClO4S2/c1-10(2,3)15-8(12)6-7-4-5-9(16-7)17(11,13)14/h4-5H,6H2,1-3H3. The van der Waals surface area contributed by atoms with Gasteiger partial charge in [0.1, 0.15) is 9.81 Å². The molecule has 1 heterocycles. The molecule has 17 heavy (non-hydrogen) atoms. The maximum Gasteiger partial charge on any atom is 0.311 e. The van der Waals surface area contributed by atoms with Gasteiger partial charge in [-0.1, -0.05) is 0 Å². The van der Waals surface area contributed by atoms with Gasteiger partial charge in [-0.2, -0.15) is 0 Å². The highest BCUT2D eigenvalue weighted by Gasteiger charge is 2.19. The van der Waals surface area contributed by atoms with Gasteiger partial charge >= 0.3 is 5.97 Å². The molecule has 0 atom stereocenters. The number of hydrogen-bond donors (Lipinski definition) is 0. The van der Waals surface area contributed by atoms with E-state index in [4.69, 9.17) is 15.4 Å². The molecule has 0 aliphatic rings. The van der Waals surface area contributed by atoms with Gasteiger partial charge in [-0.05, 0) is 32.9 Å². The van der Waals surface area contributed by atoms with Crippen LogP contribution < -0.4 is 0 Å². The van der Waals surface area contributed by atoms with Crippen LogP contribution in [0, 0.1) is 0 Å². The fourth-order valence-corrected chi connectivity index (χ4v) is 3.21. The third-order valence-electron chi connectivity index (χ3n) is 1.62. The van der Waals surface area contributed by atoms with E-state index in [1.54, 1.807) is 26.8 Å². The van der Waals surface area contributed by atoms with Crippen molar-refractivity contribution in [1.29, 1.82) is 0 Å². The fraction of sp³-hybridized carbons (Fsp3) is 0.500. The largest absolute Gasteiger partial charge is 0.460 e. The summed E-state index contributed by atoms with van der Waals surface area (Å²) in [5.74, 6) is -0.391. The number of halogens is 1. The van der Waals surface area contributed by atoms with E-state index in [9.17, 15) is 13.2 Å². The maximum atomic E-state index is 11.5. The zero-order valence-corrected chi connectivity index (χ0v) is 12.1. The first-order valence-corrected chi connectivity index (χ1v) is 7.96. The van der Waals surface area contributed by atoms with E-state index in [0.29, 0.717) is 4.88 Å². The van der Waals surface area contributed by atoms with Crippen molar-refractivity contribution in [3.8, 4) is 0 Å². The summed E-state index contributed by atoms with van der Waals surface area (Å²) in [6, 6.07) is 2.94. The highest BCUT2D eigenvalue weighted by Crippen LogP contribution is 2.25. The minimum atomic E-state index is -3.71. The van der Waals surface area contributed by atoms with Crippen molar-refractivity contribution in [3.05, 3.63) is 17.0 Å². The first-order chi connectivity index (χ1) is 7.58. The Morgan fingerprint density at radius 1 is 1.41 bits per heavy atom. The number of thiophene rings is 1. The number of carbonyl (C=O) groups excluding carboxylic acids is 1. The lowest BCUT2D eigenvalue weighted by atomic mass is 10.2. The van der Waals surface area contributed by atoms with Gasteiger partial charge in [-0.15, -0.1) is 11.3 Å². The van der Waals surface area contributed by atoms with Crippen LogP contribution in [-0.2, 0) is 25.0 Å².